The Morgan fingerprint density at radius 1 is 1.29 bits per heavy atom. The summed E-state index contributed by atoms with van der Waals surface area (Å²) in [5.74, 6) is 0.234. The van der Waals surface area contributed by atoms with Gasteiger partial charge in [-0.3, -0.25) is 9.80 Å². The van der Waals surface area contributed by atoms with E-state index in [0.29, 0.717) is 0 Å². The molecule has 21 heavy (non-hydrogen) atoms. The lowest BCUT2D eigenvalue weighted by molar-refractivity contribution is -0.131. The molecule has 0 saturated carbocycles. The minimum absolute atomic E-state index is 0.0329. The third-order valence-electron chi connectivity index (χ3n) is 4.14. The molecule has 3 atom stereocenters. The first-order valence-corrected chi connectivity index (χ1v) is 7.80. The molecule has 2 N–H and O–H groups in total. The van der Waals surface area contributed by atoms with E-state index in [-0.39, 0.29) is 24.0 Å². The lowest BCUT2D eigenvalue weighted by Crippen LogP contribution is -2.52. The number of carbonyl (C=O) groups is 1. The monoisotopic (exact) mass is 305 g/mol. The van der Waals surface area contributed by atoms with Crippen LogP contribution in [0.25, 0.3) is 0 Å². The quantitative estimate of drug-likeness (QED) is 0.902. The van der Waals surface area contributed by atoms with Crippen molar-refractivity contribution in [2.45, 2.75) is 44.8 Å². The molecule has 2 heterocycles. The molecule has 0 radical (unpaired) electrons. The third-order valence-corrected chi connectivity index (χ3v) is 4.39. The van der Waals surface area contributed by atoms with E-state index in [1.165, 1.54) is 5.56 Å². The van der Waals surface area contributed by atoms with E-state index in [0.717, 1.165) is 23.6 Å². The molecule has 3 unspecified atom stereocenters. The van der Waals surface area contributed by atoms with Gasteiger partial charge in [0.25, 0.3) is 5.91 Å². The van der Waals surface area contributed by atoms with Gasteiger partial charge in [0.05, 0.1) is 0 Å². The predicted molar refractivity (Wildman–Crippen MR) is 83.6 cm³/mol. The summed E-state index contributed by atoms with van der Waals surface area (Å²) in [5.41, 5.74) is 5.49. The van der Waals surface area contributed by atoms with Gasteiger partial charge in [0.15, 0.2) is 0 Å². The smallest absolute Gasteiger partial charge is 0.264 e. The summed E-state index contributed by atoms with van der Waals surface area (Å²) in [7, 11) is 0. The predicted octanol–water partition coefficient (Wildman–Crippen LogP) is 2.77. The van der Waals surface area contributed by atoms with Crippen molar-refractivity contribution in [3.63, 3.8) is 0 Å². The van der Waals surface area contributed by atoms with Crippen molar-refractivity contribution in [2.24, 2.45) is 0 Å². The fourth-order valence-corrected chi connectivity index (χ4v) is 3.31. The number of amides is 1. The van der Waals surface area contributed by atoms with Gasteiger partial charge >= 0.3 is 0 Å². The van der Waals surface area contributed by atoms with Crippen LogP contribution in [0.5, 0.6) is 0 Å². The van der Waals surface area contributed by atoms with E-state index in [1.807, 2.05) is 24.3 Å². The normalized spacial score (nSPS) is 28.1. The van der Waals surface area contributed by atoms with Gasteiger partial charge in [-0.15, -0.1) is 0 Å². The Morgan fingerprint density at radius 2 is 2.00 bits per heavy atom. The zero-order valence-corrected chi connectivity index (χ0v) is 13.0. The van der Waals surface area contributed by atoms with Crippen molar-refractivity contribution in [3.8, 4) is 0 Å². The van der Waals surface area contributed by atoms with Gasteiger partial charge in [0.2, 0.25) is 0 Å². The van der Waals surface area contributed by atoms with Gasteiger partial charge in [0, 0.05) is 28.8 Å². The van der Waals surface area contributed by atoms with Gasteiger partial charge < -0.3 is 5.32 Å². The van der Waals surface area contributed by atoms with Crippen molar-refractivity contribution in [3.05, 3.63) is 46.6 Å². The van der Waals surface area contributed by atoms with E-state index in [9.17, 15) is 4.79 Å². The molecule has 0 spiro atoms. The fraction of sp³-hybridized carbons (Fsp3) is 0.438. The summed E-state index contributed by atoms with van der Waals surface area (Å²) >= 11 is 5.97. The van der Waals surface area contributed by atoms with Crippen LogP contribution in [0.1, 0.15) is 38.2 Å². The number of rotatable bonds is 3. The van der Waals surface area contributed by atoms with Gasteiger partial charge in [-0.05, 0) is 31.0 Å². The first-order valence-electron chi connectivity index (χ1n) is 7.42. The van der Waals surface area contributed by atoms with Gasteiger partial charge in [0.1, 0.15) is 6.17 Å². The molecule has 1 aromatic carbocycles. The molecule has 5 heteroatoms. The second kappa shape index (κ2) is 5.70. The summed E-state index contributed by atoms with van der Waals surface area (Å²) in [4.78, 5) is 12.3. The first-order chi connectivity index (χ1) is 10.1. The number of benzene rings is 1. The summed E-state index contributed by atoms with van der Waals surface area (Å²) in [6.07, 6.45) is 3.58. The maximum atomic E-state index is 12.3. The Kier molecular flexibility index (Phi) is 3.91. The molecular formula is C16H20ClN3O. The lowest BCUT2D eigenvalue weighted by Gasteiger charge is -2.33. The van der Waals surface area contributed by atoms with Crippen molar-refractivity contribution in [1.82, 2.24) is 15.8 Å². The zero-order chi connectivity index (χ0) is 15.0. The topological polar surface area (TPSA) is 44.4 Å². The Bertz CT molecular complexity index is 569. The molecule has 0 aromatic heterocycles. The number of allylic oxidation sites excluding steroid dienone is 1. The Labute approximate surface area is 130 Å². The second-order valence-corrected chi connectivity index (χ2v) is 6.15. The summed E-state index contributed by atoms with van der Waals surface area (Å²) in [6.45, 7) is 4.22. The molecule has 1 fully saturated rings. The first kappa shape index (κ1) is 14.4. The number of nitrogens with zero attached hydrogens (tertiary/aromatic N) is 1. The number of hydrazine groups is 1. The molecule has 2 aliphatic heterocycles. The summed E-state index contributed by atoms with van der Waals surface area (Å²) in [6, 6.07) is 8.07. The lowest BCUT2D eigenvalue weighted by atomic mass is 9.90. The SMILES string of the molecule is CCCC1=CC(=O)N2NC(C)C(c3ccc(Cl)cc3)C2N1. The van der Waals surface area contributed by atoms with Gasteiger partial charge in [-0.25, -0.2) is 5.43 Å². The molecule has 1 aromatic rings. The van der Waals surface area contributed by atoms with Gasteiger partial charge in [-0.1, -0.05) is 37.1 Å². The van der Waals surface area contributed by atoms with Crippen LogP contribution in [0, 0.1) is 0 Å². The average molecular weight is 306 g/mol. The standard InChI is InChI=1S/C16H20ClN3O/c1-3-4-13-9-14(21)20-16(18-13)15(10(2)19-20)11-5-7-12(17)8-6-11/h5-10,15-16,18-19H,3-4H2,1-2H3. The highest BCUT2D eigenvalue weighted by Gasteiger charge is 2.44. The molecule has 0 aliphatic carbocycles. The van der Waals surface area contributed by atoms with E-state index >= 15 is 0 Å². The highest BCUT2D eigenvalue weighted by Crippen LogP contribution is 2.34. The van der Waals surface area contributed by atoms with Crippen molar-refractivity contribution >= 4 is 17.5 Å². The third kappa shape index (κ3) is 2.65. The average Bonchev–Trinajstić information content (AvgIpc) is 2.77. The molecule has 2 aliphatic rings. The molecular weight excluding hydrogens is 286 g/mol. The van der Waals surface area contributed by atoms with Crippen LogP contribution in [-0.2, 0) is 4.79 Å². The van der Waals surface area contributed by atoms with Crippen molar-refractivity contribution in [2.75, 3.05) is 0 Å². The van der Waals surface area contributed by atoms with Crippen LogP contribution in [0.4, 0.5) is 0 Å². The number of carbonyl (C=O) groups excluding carboxylic acids is 1. The minimum atomic E-state index is -0.0415. The number of nitrogens with one attached hydrogen (secondary N) is 2. The highest BCUT2D eigenvalue weighted by atomic mass is 35.5. The van der Waals surface area contributed by atoms with Crippen LogP contribution in [-0.4, -0.2) is 23.1 Å². The molecule has 1 saturated heterocycles. The number of hydrogen-bond donors (Lipinski definition) is 2. The largest absolute Gasteiger partial charge is 0.367 e. The maximum absolute atomic E-state index is 12.3. The number of halogens is 1. The van der Waals surface area contributed by atoms with Crippen LogP contribution in [0.2, 0.25) is 5.02 Å². The van der Waals surface area contributed by atoms with E-state index in [1.54, 1.807) is 11.1 Å². The Balaban J connectivity index is 1.90. The number of fused-ring (bicyclic) bond motifs is 1. The van der Waals surface area contributed by atoms with E-state index < -0.39 is 0 Å². The Hall–Kier alpha value is -1.52. The zero-order valence-electron chi connectivity index (χ0n) is 12.3. The van der Waals surface area contributed by atoms with Crippen molar-refractivity contribution < 1.29 is 4.79 Å². The molecule has 4 nitrogen and oxygen atoms in total. The highest BCUT2D eigenvalue weighted by molar-refractivity contribution is 6.30. The van der Waals surface area contributed by atoms with Crippen LogP contribution in [0.3, 0.4) is 0 Å². The second-order valence-electron chi connectivity index (χ2n) is 5.71. The molecule has 112 valence electrons. The van der Waals surface area contributed by atoms with Crippen LogP contribution in [0.15, 0.2) is 36.0 Å². The van der Waals surface area contributed by atoms with Gasteiger partial charge in [-0.2, -0.15) is 0 Å². The molecule has 1 amide bonds. The van der Waals surface area contributed by atoms with Crippen molar-refractivity contribution in [1.29, 1.82) is 0 Å². The van der Waals surface area contributed by atoms with Crippen LogP contribution < -0.4 is 10.7 Å². The van der Waals surface area contributed by atoms with E-state index in [4.69, 9.17) is 11.6 Å². The molecule has 3 rings (SSSR count). The maximum Gasteiger partial charge on any atom is 0.264 e. The number of hydrogen-bond acceptors (Lipinski definition) is 3. The van der Waals surface area contributed by atoms with E-state index in [2.05, 4.69) is 24.6 Å². The summed E-state index contributed by atoms with van der Waals surface area (Å²) < 4.78 is 0. The fourth-order valence-electron chi connectivity index (χ4n) is 3.19. The molecule has 0 bridgehead atoms. The van der Waals surface area contributed by atoms with Crippen LogP contribution >= 0.6 is 11.6 Å². The minimum Gasteiger partial charge on any atom is -0.367 e. The Morgan fingerprint density at radius 3 is 2.67 bits per heavy atom. The summed E-state index contributed by atoms with van der Waals surface area (Å²) in [5, 5.41) is 5.95.